The molecule has 4 heteroatoms. The average Bonchev–Trinajstić information content (AvgIpc) is 3.00. The van der Waals surface area contributed by atoms with Crippen molar-refractivity contribution in [1.29, 1.82) is 0 Å². The van der Waals surface area contributed by atoms with Gasteiger partial charge in [0.15, 0.2) is 0 Å². The van der Waals surface area contributed by atoms with Crippen molar-refractivity contribution < 1.29 is 9.53 Å². The molecule has 0 fully saturated rings. The Balaban J connectivity index is 1.56. The van der Waals surface area contributed by atoms with Crippen molar-refractivity contribution in [3.8, 4) is 0 Å². The van der Waals surface area contributed by atoms with Crippen molar-refractivity contribution in [3.63, 3.8) is 0 Å². The topological polar surface area (TPSA) is 34.5 Å². The number of hydrogen-bond donors (Lipinski definition) is 0. The van der Waals surface area contributed by atoms with E-state index in [1.165, 1.54) is 11.1 Å². The maximum Gasteiger partial charge on any atom is 0.242 e. The smallest absolute Gasteiger partial charge is 0.242 e. The second kappa shape index (κ2) is 6.14. The summed E-state index contributed by atoms with van der Waals surface area (Å²) in [6, 6.07) is 12.2. The van der Waals surface area contributed by atoms with E-state index in [1.807, 2.05) is 42.2 Å². The standard InChI is InChI=1S/C17H20N2O2/c1-18(17(20)12-19-8-4-5-9-19)11-16-10-14-6-2-3-7-15(14)13-21-16/h2-9,16H,10-13H2,1H3. The minimum atomic E-state index is 0.0820. The van der Waals surface area contributed by atoms with Gasteiger partial charge in [0, 0.05) is 32.4 Å². The Kier molecular flexibility index (Phi) is 4.06. The Hall–Kier alpha value is -2.07. The largest absolute Gasteiger partial charge is 0.371 e. The third kappa shape index (κ3) is 3.34. The second-order valence-corrected chi connectivity index (χ2v) is 5.54. The Morgan fingerprint density at radius 2 is 1.95 bits per heavy atom. The van der Waals surface area contributed by atoms with Crippen LogP contribution in [-0.2, 0) is 29.1 Å². The minimum absolute atomic E-state index is 0.0820. The summed E-state index contributed by atoms with van der Waals surface area (Å²) < 4.78 is 7.74. The van der Waals surface area contributed by atoms with Gasteiger partial charge in [0.1, 0.15) is 6.54 Å². The fraction of sp³-hybridized carbons (Fsp3) is 0.353. The lowest BCUT2D eigenvalue weighted by Gasteiger charge is -2.29. The van der Waals surface area contributed by atoms with Gasteiger partial charge in [0.25, 0.3) is 0 Å². The molecular formula is C17H20N2O2. The summed E-state index contributed by atoms with van der Waals surface area (Å²) in [4.78, 5) is 13.9. The van der Waals surface area contributed by atoms with Crippen molar-refractivity contribution in [1.82, 2.24) is 9.47 Å². The molecule has 3 rings (SSSR count). The number of rotatable bonds is 4. The summed E-state index contributed by atoms with van der Waals surface area (Å²) in [7, 11) is 1.84. The van der Waals surface area contributed by atoms with Crippen molar-refractivity contribution in [2.45, 2.75) is 25.7 Å². The summed E-state index contributed by atoms with van der Waals surface area (Å²) in [6.45, 7) is 1.65. The Bertz CT molecular complexity index is 607. The number of carbonyl (C=O) groups is 1. The fourth-order valence-corrected chi connectivity index (χ4v) is 2.69. The van der Waals surface area contributed by atoms with Crippen LogP contribution in [0.25, 0.3) is 0 Å². The molecule has 1 amide bonds. The van der Waals surface area contributed by atoms with Gasteiger partial charge in [-0.15, -0.1) is 0 Å². The summed E-state index contributed by atoms with van der Waals surface area (Å²) >= 11 is 0. The molecule has 1 atom stereocenters. The molecule has 110 valence electrons. The molecule has 1 aliphatic heterocycles. The van der Waals surface area contributed by atoms with Crippen LogP contribution < -0.4 is 0 Å². The quantitative estimate of drug-likeness (QED) is 0.861. The molecule has 21 heavy (non-hydrogen) atoms. The zero-order valence-electron chi connectivity index (χ0n) is 12.2. The third-order valence-corrected chi connectivity index (χ3v) is 3.93. The minimum Gasteiger partial charge on any atom is -0.371 e. The van der Waals surface area contributed by atoms with Crippen LogP contribution in [0.5, 0.6) is 0 Å². The highest BCUT2D eigenvalue weighted by Gasteiger charge is 2.21. The molecule has 0 aliphatic carbocycles. The molecule has 2 aromatic rings. The number of carbonyl (C=O) groups excluding carboxylic acids is 1. The van der Waals surface area contributed by atoms with E-state index in [1.54, 1.807) is 4.90 Å². The SMILES string of the molecule is CN(CC1Cc2ccccc2CO1)C(=O)Cn1cccc1. The summed E-state index contributed by atoms with van der Waals surface area (Å²) in [5.74, 6) is 0.105. The van der Waals surface area contributed by atoms with Gasteiger partial charge in [-0.1, -0.05) is 24.3 Å². The average molecular weight is 284 g/mol. The molecule has 0 saturated heterocycles. The van der Waals surface area contributed by atoms with Crippen molar-refractivity contribution in [2.75, 3.05) is 13.6 Å². The second-order valence-electron chi connectivity index (χ2n) is 5.54. The Morgan fingerprint density at radius 1 is 1.24 bits per heavy atom. The highest BCUT2D eigenvalue weighted by molar-refractivity contribution is 5.75. The summed E-state index contributed by atoms with van der Waals surface area (Å²) in [5, 5.41) is 0. The van der Waals surface area contributed by atoms with Crippen LogP contribution >= 0.6 is 0 Å². The van der Waals surface area contributed by atoms with Crippen LogP contribution in [0.4, 0.5) is 0 Å². The van der Waals surface area contributed by atoms with E-state index < -0.39 is 0 Å². The summed E-state index contributed by atoms with van der Waals surface area (Å²) in [6.07, 6.45) is 4.76. The molecule has 4 nitrogen and oxygen atoms in total. The number of fused-ring (bicyclic) bond motifs is 1. The van der Waals surface area contributed by atoms with Crippen LogP contribution in [-0.4, -0.2) is 35.1 Å². The molecule has 1 aromatic heterocycles. The normalized spacial score (nSPS) is 17.3. The first-order valence-corrected chi connectivity index (χ1v) is 7.25. The predicted molar refractivity (Wildman–Crippen MR) is 80.8 cm³/mol. The molecule has 1 aromatic carbocycles. The van der Waals surface area contributed by atoms with Gasteiger partial charge < -0.3 is 14.2 Å². The van der Waals surface area contributed by atoms with Gasteiger partial charge in [-0.25, -0.2) is 0 Å². The van der Waals surface area contributed by atoms with Crippen molar-refractivity contribution in [3.05, 3.63) is 59.9 Å². The van der Waals surface area contributed by atoms with E-state index in [-0.39, 0.29) is 12.0 Å². The molecule has 1 unspecified atom stereocenters. The molecule has 1 aliphatic rings. The number of likely N-dealkylation sites (N-methyl/N-ethyl adjacent to an activating group) is 1. The molecule has 0 saturated carbocycles. The highest BCUT2D eigenvalue weighted by atomic mass is 16.5. The molecule has 0 spiro atoms. The monoisotopic (exact) mass is 284 g/mol. The van der Waals surface area contributed by atoms with Gasteiger partial charge in [0.2, 0.25) is 5.91 Å². The number of aromatic nitrogens is 1. The van der Waals surface area contributed by atoms with E-state index >= 15 is 0 Å². The van der Waals surface area contributed by atoms with Crippen LogP contribution in [0.1, 0.15) is 11.1 Å². The molecule has 2 heterocycles. The first kappa shape index (κ1) is 13.9. The fourth-order valence-electron chi connectivity index (χ4n) is 2.69. The highest BCUT2D eigenvalue weighted by Crippen LogP contribution is 2.20. The Morgan fingerprint density at radius 3 is 2.71 bits per heavy atom. The van der Waals surface area contributed by atoms with Crippen LogP contribution in [0.15, 0.2) is 48.8 Å². The summed E-state index contributed by atoms with van der Waals surface area (Å²) in [5.41, 5.74) is 2.59. The zero-order chi connectivity index (χ0) is 14.7. The molecule has 0 radical (unpaired) electrons. The lowest BCUT2D eigenvalue weighted by Crippen LogP contribution is -2.39. The molecular weight excluding hydrogens is 264 g/mol. The molecule has 0 bridgehead atoms. The zero-order valence-corrected chi connectivity index (χ0v) is 12.2. The first-order valence-electron chi connectivity index (χ1n) is 7.25. The van der Waals surface area contributed by atoms with Gasteiger partial charge in [-0.05, 0) is 23.3 Å². The number of benzene rings is 1. The van der Waals surface area contributed by atoms with Crippen LogP contribution in [0.3, 0.4) is 0 Å². The third-order valence-electron chi connectivity index (χ3n) is 3.93. The number of hydrogen-bond acceptors (Lipinski definition) is 2. The van der Waals surface area contributed by atoms with Crippen LogP contribution in [0, 0.1) is 0 Å². The number of nitrogens with zero attached hydrogens (tertiary/aromatic N) is 2. The van der Waals surface area contributed by atoms with Gasteiger partial charge in [-0.3, -0.25) is 4.79 Å². The van der Waals surface area contributed by atoms with Gasteiger partial charge in [-0.2, -0.15) is 0 Å². The van der Waals surface area contributed by atoms with E-state index in [9.17, 15) is 4.79 Å². The van der Waals surface area contributed by atoms with Crippen molar-refractivity contribution >= 4 is 5.91 Å². The lowest BCUT2D eigenvalue weighted by atomic mass is 9.99. The maximum atomic E-state index is 12.2. The van der Waals surface area contributed by atoms with Crippen molar-refractivity contribution in [2.24, 2.45) is 0 Å². The van der Waals surface area contributed by atoms with Gasteiger partial charge in [0.05, 0.1) is 12.7 Å². The molecule has 0 N–H and O–H groups in total. The predicted octanol–water partition coefficient (Wildman–Crippen LogP) is 2.09. The maximum absolute atomic E-state index is 12.2. The van der Waals surface area contributed by atoms with Crippen LogP contribution in [0.2, 0.25) is 0 Å². The van der Waals surface area contributed by atoms with E-state index in [2.05, 4.69) is 18.2 Å². The van der Waals surface area contributed by atoms with E-state index in [4.69, 9.17) is 4.74 Å². The Labute approximate surface area is 124 Å². The first-order chi connectivity index (χ1) is 10.2. The van der Waals surface area contributed by atoms with E-state index in [0.717, 1.165) is 6.42 Å². The number of amides is 1. The van der Waals surface area contributed by atoms with E-state index in [0.29, 0.717) is 19.7 Å². The lowest BCUT2D eigenvalue weighted by molar-refractivity contribution is -0.132. The number of ether oxygens (including phenoxy) is 1. The van der Waals surface area contributed by atoms with Gasteiger partial charge >= 0.3 is 0 Å².